The first-order chi connectivity index (χ1) is 16.1. The minimum atomic E-state index is -0.669. The van der Waals surface area contributed by atoms with E-state index in [1.165, 1.54) is 0 Å². The monoisotopic (exact) mass is 493 g/mol. The fraction of sp³-hybridized carbons (Fsp3) is 0.889. The molecule has 2 aliphatic rings. The van der Waals surface area contributed by atoms with Gasteiger partial charge in [-0.1, -0.05) is 62.3 Å². The summed E-state index contributed by atoms with van der Waals surface area (Å²) < 4.78 is 0. The third-order valence-electron chi connectivity index (χ3n) is 8.85. The highest BCUT2D eigenvalue weighted by Crippen LogP contribution is 2.52. The number of carbonyl (C=O) groups is 3. The van der Waals surface area contributed by atoms with E-state index in [9.17, 15) is 14.4 Å². The van der Waals surface area contributed by atoms with Crippen LogP contribution in [0.2, 0.25) is 0 Å². The normalized spacial score (nSPS) is 22.3. The maximum atomic E-state index is 14.0. The Bertz CT molecular complexity index is 756. The topological polar surface area (TPSA) is 93.8 Å². The molecule has 3 N–H and O–H groups in total. The minimum absolute atomic E-state index is 0.00194. The Morgan fingerprint density at radius 2 is 1.43 bits per heavy atom. The van der Waals surface area contributed by atoms with Gasteiger partial charge in [-0.3, -0.25) is 14.4 Å². The van der Waals surface area contributed by atoms with Crippen LogP contribution in [0.1, 0.15) is 75.2 Å². The summed E-state index contributed by atoms with van der Waals surface area (Å²) in [7, 11) is 0. The van der Waals surface area contributed by atoms with E-state index in [-0.39, 0.29) is 28.6 Å². The Morgan fingerprint density at radius 1 is 0.886 bits per heavy atom. The van der Waals surface area contributed by atoms with Gasteiger partial charge in [0.2, 0.25) is 17.7 Å². The second-order valence-corrected chi connectivity index (χ2v) is 12.8. The van der Waals surface area contributed by atoms with Gasteiger partial charge in [-0.15, -0.1) is 0 Å². The van der Waals surface area contributed by atoms with E-state index in [0.717, 1.165) is 12.8 Å². The molecule has 0 spiro atoms. The van der Waals surface area contributed by atoms with E-state index in [4.69, 9.17) is 0 Å². The zero-order valence-electron chi connectivity index (χ0n) is 23.7. The smallest absolute Gasteiger partial charge is 0.247 e. The van der Waals surface area contributed by atoms with Gasteiger partial charge in [0.15, 0.2) is 0 Å². The number of carbonyl (C=O) groups excluding carboxylic acids is 3. The number of rotatable bonds is 8. The molecule has 2 atom stereocenters. The van der Waals surface area contributed by atoms with E-state index in [1.54, 1.807) is 9.80 Å². The number of piperazine rings is 2. The van der Waals surface area contributed by atoms with Crippen molar-refractivity contribution < 1.29 is 14.4 Å². The summed E-state index contributed by atoms with van der Waals surface area (Å²) in [6.45, 7) is 22.8. The number of hydrogen-bond donors (Lipinski definition) is 3. The van der Waals surface area contributed by atoms with Gasteiger partial charge in [-0.25, -0.2) is 0 Å². The molecule has 0 bridgehead atoms. The largest absolute Gasteiger partial charge is 0.354 e. The Morgan fingerprint density at radius 3 is 1.97 bits per heavy atom. The summed E-state index contributed by atoms with van der Waals surface area (Å²) in [6.07, 6.45) is 1.97. The molecule has 8 nitrogen and oxygen atoms in total. The van der Waals surface area contributed by atoms with E-state index >= 15 is 0 Å². The number of amides is 3. The van der Waals surface area contributed by atoms with Crippen molar-refractivity contribution in [2.45, 2.75) is 87.2 Å². The quantitative estimate of drug-likeness (QED) is 0.451. The van der Waals surface area contributed by atoms with Crippen LogP contribution in [-0.4, -0.2) is 85.4 Å². The molecule has 0 aromatic carbocycles. The Balaban J connectivity index is 2.21. The highest BCUT2D eigenvalue weighted by molar-refractivity contribution is 5.94. The van der Waals surface area contributed by atoms with Crippen LogP contribution in [-0.2, 0) is 14.4 Å². The van der Waals surface area contributed by atoms with Crippen molar-refractivity contribution in [1.82, 2.24) is 25.8 Å². The maximum Gasteiger partial charge on any atom is 0.247 e. The molecule has 202 valence electrons. The van der Waals surface area contributed by atoms with Crippen molar-refractivity contribution in [3.05, 3.63) is 0 Å². The average molecular weight is 494 g/mol. The molecule has 2 heterocycles. The second-order valence-electron chi connectivity index (χ2n) is 12.8. The van der Waals surface area contributed by atoms with Gasteiger partial charge in [0.1, 0.15) is 12.1 Å². The highest BCUT2D eigenvalue weighted by atomic mass is 16.2. The second kappa shape index (κ2) is 11.6. The van der Waals surface area contributed by atoms with Crippen LogP contribution >= 0.6 is 0 Å². The molecule has 2 aliphatic heterocycles. The fourth-order valence-corrected chi connectivity index (χ4v) is 4.97. The highest BCUT2D eigenvalue weighted by Gasteiger charge is 2.53. The lowest BCUT2D eigenvalue weighted by Crippen LogP contribution is -2.68. The molecule has 0 radical (unpaired) electrons. The predicted octanol–water partition coefficient (Wildman–Crippen LogP) is 2.24. The van der Waals surface area contributed by atoms with Gasteiger partial charge in [0, 0.05) is 51.2 Å². The lowest BCUT2D eigenvalue weighted by Gasteiger charge is -2.52. The molecule has 35 heavy (non-hydrogen) atoms. The van der Waals surface area contributed by atoms with Gasteiger partial charge in [-0.05, 0) is 29.6 Å². The predicted molar refractivity (Wildman–Crippen MR) is 141 cm³/mol. The van der Waals surface area contributed by atoms with E-state index < -0.39 is 17.5 Å². The van der Waals surface area contributed by atoms with Crippen LogP contribution < -0.4 is 16.0 Å². The van der Waals surface area contributed by atoms with Crippen LogP contribution in [0, 0.1) is 22.2 Å². The summed E-state index contributed by atoms with van der Waals surface area (Å²) >= 11 is 0. The molecule has 2 unspecified atom stereocenters. The first kappa shape index (κ1) is 29.6. The zero-order chi connectivity index (χ0) is 26.6. The van der Waals surface area contributed by atoms with Crippen LogP contribution in [0.25, 0.3) is 0 Å². The molecule has 0 saturated carbocycles. The summed E-state index contributed by atoms with van der Waals surface area (Å²) in [4.78, 5) is 44.3. The number of nitrogens with one attached hydrogen (secondary N) is 3. The zero-order valence-corrected chi connectivity index (χ0v) is 23.7. The van der Waals surface area contributed by atoms with Gasteiger partial charge in [0.05, 0.1) is 0 Å². The lowest BCUT2D eigenvalue weighted by atomic mass is 9.55. The standard InChI is InChI=1S/C27H51N5O3/c1-19(2)11-10-12-30-22(33)20-17-28-13-15-31(20)23(34)21-18-29-14-16-32(21)24(35)26(6,7)27(8,9)25(3,4)5/h19-21,28-29H,10-18H2,1-9H3,(H,30,33). The molecule has 2 saturated heterocycles. The first-order valence-corrected chi connectivity index (χ1v) is 13.4. The van der Waals surface area contributed by atoms with Crippen molar-refractivity contribution in [2.75, 3.05) is 45.8 Å². The van der Waals surface area contributed by atoms with Crippen molar-refractivity contribution in [3.63, 3.8) is 0 Å². The molecule has 0 aliphatic carbocycles. The van der Waals surface area contributed by atoms with Crippen molar-refractivity contribution in [3.8, 4) is 0 Å². The molecule has 2 fully saturated rings. The Kier molecular flexibility index (Phi) is 9.79. The first-order valence-electron chi connectivity index (χ1n) is 13.4. The van der Waals surface area contributed by atoms with Gasteiger partial charge in [0.25, 0.3) is 0 Å². The van der Waals surface area contributed by atoms with Gasteiger partial charge < -0.3 is 25.8 Å². The molecular formula is C27H51N5O3. The van der Waals surface area contributed by atoms with Crippen molar-refractivity contribution >= 4 is 17.7 Å². The number of hydrogen-bond acceptors (Lipinski definition) is 5. The maximum absolute atomic E-state index is 14.0. The minimum Gasteiger partial charge on any atom is -0.354 e. The molecule has 2 rings (SSSR count). The summed E-state index contributed by atoms with van der Waals surface area (Å²) in [5, 5.41) is 9.58. The molecule has 8 heteroatoms. The molecule has 0 aromatic heterocycles. The average Bonchev–Trinajstić information content (AvgIpc) is 2.79. The van der Waals surface area contributed by atoms with E-state index in [2.05, 4.69) is 64.4 Å². The van der Waals surface area contributed by atoms with Gasteiger partial charge in [-0.2, -0.15) is 0 Å². The van der Waals surface area contributed by atoms with Crippen LogP contribution in [0.15, 0.2) is 0 Å². The van der Waals surface area contributed by atoms with Crippen LogP contribution in [0.5, 0.6) is 0 Å². The van der Waals surface area contributed by atoms with E-state index in [1.807, 2.05) is 13.8 Å². The lowest BCUT2D eigenvalue weighted by molar-refractivity contribution is -0.162. The van der Waals surface area contributed by atoms with Crippen molar-refractivity contribution in [1.29, 1.82) is 0 Å². The third-order valence-corrected chi connectivity index (χ3v) is 8.85. The van der Waals surface area contributed by atoms with Crippen molar-refractivity contribution in [2.24, 2.45) is 22.2 Å². The third kappa shape index (κ3) is 6.56. The van der Waals surface area contributed by atoms with E-state index in [0.29, 0.717) is 51.7 Å². The summed E-state index contributed by atoms with van der Waals surface area (Å²) in [6, 6.07) is -1.17. The van der Waals surface area contributed by atoms with Crippen LogP contribution in [0.4, 0.5) is 0 Å². The molecular weight excluding hydrogens is 442 g/mol. The fourth-order valence-electron chi connectivity index (χ4n) is 4.97. The summed E-state index contributed by atoms with van der Waals surface area (Å²) in [5.74, 6) is 0.335. The summed E-state index contributed by atoms with van der Waals surface area (Å²) in [5.41, 5.74) is -1.07. The number of nitrogens with zero attached hydrogens (tertiary/aromatic N) is 2. The Labute approximate surface area is 213 Å². The van der Waals surface area contributed by atoms with Gasteiger partial charge >= 0.3 is 0 Å². The SMILES string of the molecule is CC(C)CCCNC(=O)C1CNCCN1C(=O)C1CNCCN1C(=O)C(C)(C)C(C)(C)C(C)(C)C. The molecule has 0 aromatic rings. The van der Waals surface area contributed by atoms with Crippen LogP contribution in [0.3, 0.4) is 0 Å². The molecule has 3 amide bonds. The Hall–Kier alpha value is -1.67.